The van der Waals surface area contributed by atoms with Crippen molar-refractivity contribution >= 4 is 63.0 Å². The zero-order chi connectivity index (χ0) is 41.8. The van der Waals surface area contributed by atoms with E-state index in [2.05, 4.69) is 160 Å². The minimum Gasteiger partial charge on any atom is -0.375 e. The van der Waals surface area contributed by atoms with Gasteiger partial charge in [0.1, 0.15) is 18.8 Å². The smallest absolute Gasteiger partial charge is 0.233 e. The van der Waals surface area contributed by atoms with E-state index in [1.807, 2.05) is 14.1 Å². The molecule has 1 fully saturated rings. The van der Waals surface area contributed by atoms with Crippen LogP contribution in [0.2, 0.25) is 0 Å². The topological polar surface area (TPSA) is 51.0 Å². The molecule has 0 aliphatic carbocycles. The lowest BCUT2D eigenvalue weighted by Gasteiger charge is -2.22. The molecule has 8 nitrogen and oxygen atoms in total. The van der Waals surface area contributed by atoms with Crippen molar-refractivity contribution in [3.05, 3.63) is 118 Å². The lowest BCUT2D eigenvalue weighted by molar-refractivity contribution is -0.767. The van der Waals surface area contributed by atoms with E-state index in [4.69, 9.17) is 0 Å². The van der Waals surface area contributed by atoms with Crippen molar-refractivity contribution < 1.29 is 18.6 Å². The molecule has 58 heavy (non-hydrogen) atoms. The first kappa shape index (κ1) is 44.8. The predicted molar refractivity (Wildman–Crippen MR) is 250 cm³/mol. The summed E-state index contributed by atoms with van der Waals surface area (Å²) in [7, 11) is 10.9. The minimum absolute atomic E-state index is 0.0897. The molecule has 3 heterocycles. The van der Waals surface area contributed by atoms with Gasteiger partial charge in [0.05, 0.1) is 18.1 Å². The number of benzene rings is 2. The highest BCUT2D eigenvalue weighted by Gasteiger charge is 2.55. The van der Waals surface area contributed by atoms with Crippen molar-refractivity contribution in [3.63, 3.8) is 0 Å². The molecule has 310 valence electrons. The van der Waals surface area contributed by atoms with E-state index in [0.29, 0.717) is 30.6 Å². The first-order valence-corrected chi connectivity index (χ1v) is 23.3. The van der Waals surface area contributed by atoms with Crippen LogP contribution in [-0.4, -0.2) is 111 Å². The van der Waals surface area contributed by atoms with Gasteiger partial charge in [0.15, 0.2) is 17.4 Å². The van der Waals surface area contributed by atoms with Crippen LogP contribution in [0.5, 0.6) is 0 Å². The Morgan fingerprint density at radius 2 is 1.16 bits per heavy atom. The standard InChI is InChI=1S/C48H66N6O2S2/c1-10-53-37(3)30-42(31-38(53)4)16-14-40-18-22-44(23-19-40)49(6)26-12-28-51(8)47(55)35-57-58-36-48(56)52(9)29-13-27-50(7)45-24-20-41(21-25-45)15-17-43-32-39(5)54(11-2)34-46(54)33-43/h14-25,30-33,46H,10-13,26-29,34-36H2,1-9H3/q+2/b17-15+. The quantitative estimate of drug-likeness (QED) is 0.0354. The van der Waals surface area contributed by atoms with Gasteiger partial charge in [-0.25, -0.2) is 4.57 Å². The average molecular weight is 823 g/mol. The highest BCUT2D eigenvalue weighted by molar-refractivity contribution is 8.77. The van der Waals surface area contributed by atoms with Gasteiger partial charge in [-0.2, -0.15) is 0 Å². The molecule has 2 aliphatic rings. The van der Waals surface area contributed by atoms with E-state index in [1.54, 1.807) is 9.80 Å². The monoisotopic (exact) mass is 822 g/mol. The summed E-state index contributed by atoms with van der Waals surface area (Å²) in [5.74, 6) is 0.900. The van der Waals surface area contributed by atoms with Gasteiger partial charge in [-0.15, -0.1) is 0 Å². The highest BCUT2D eigenvalue weighted by atomic mass is 33.1. The fourth-order valence-corrected chi connectivity index (χ4v) is 9.78. The summed E-state index contributed by atoms with van der Waals surface area (Å²) < 4.78 is 3.46. The Morgan fingerprint density at radius 1 is 0.690 bits per heavy atom. The second-order valence-corrected chi connectivity index (χ2v) is 18.4. The number of aromatic nitrogens is 1. The maximum Gasteiger partial charge on any atom is 0.233 e. The van der Waals surface area contributed by atoms with Gasteiger partial charge in [0, 0.05) is 105 Å². The van der Waals surface area contributed by atoms with E-state index >= 15 is 0 Å². The summed E-state index contributed by atoms with van der Waals surface area (Å²) in [4.78, 5) is 33.6. The van der Waals surface area contributed by atoms with Crippen LogP contribution in [0.4, 0.5) is 11.4 Å². The zero-order valence-corrected chi connectivity index (χ0v) is 38.0. The number of amides is 2. The number of carbonyl (C=O) groups is 2. The van der Waals surface area contributed by atoms with Crippen molar-refractivity contribution in [1.82, 2.24) is 9.80 Å². The number of rotatable bonds is 21. The molecule has 3 aromatic rings. The molecule has 5 rings (SSSR count). The molecule has 2 aliphatic heterocycles. The SMILES string of the molecule is CC[n+]1c(C)cc(/C=C/c2ccc(N(C)CCCN(C)C(=O)CSSCC(=O)N(C)CCCN(C)c3ccc(/C=C/C4=CC5C[N+]5(CC)C(C)=C4)cc3)cc2)cc1C. The van der Waals surface area contributed by atoms with Crippen molar-refractivity contribution in [3.8, 4) is 0 Å². The Labute approximate surface area is 356 Å². The Kier molecular flexibility index (Phi) is 16.3. The lowest BCUT2D eigenvalue weighted by atomic mass is 10.1. The van der Waals surface area contributed by atoms with Crippen molar-refractivity contribution in [2.24, 2.45) is 0 Å². The number of allylic oxidation sites excluding steroid dienone is 4. The third-order valence-electron chi connectivity index (χ3n) is 11.8. The van der Waals surface area contributed by atoms with Crippen LogP contribution >= 0.6 is 21.6 Å². The number of pyridine rings is 1. The third kappa shape index (κ3) is 12.1. The fraction of sp³-hybridized carbons (Fsp3) is 0.438. The van der Waals surface area contributed by atoms with Gasteiger partial charge < -0.3 is 19.6 Å². The Balaban J connectivity index is 0.916. The van der Waals surface area contributed by atoms with E-state index in [-0.39, 0.29) is 11.8 Å². The van der Waals surface area contributed by atoms with Gasteiger partial charge in [0.25, 0.3) is 0 Å². The van der Waals surface area contributed by atoms with Crippen LogP contribution in [0.15, 0.2) is 90.2 Å². The number of quaternary nitrogens is 1. The van der Waals surface area contributed by atoms with Crippen LogP contribution in [0.25, 0.3) is 18.2 Å². The third-order valence-corrected chi connectivity index (χ3v) is 13.9. The minimum atomic E-state index is 0.0897. The van der Waals surface area contributed by atoms with Crippen LogP contribution in [0.3, 0.4) is 0 Å². The second kappa shape index (κ2) is 21.1. The molecule has 2 amide bonds. The van der Waals surface area contributed by atoms with Gasteiger partial charge >= 0.3 is 0 Å². The fourth-order valence-electron chi connectivity index (χ4n) is 7.86. The van der Waals surface area contributed by atoms with Crippen LogP contribution in [-0.2, 0) is 16.1 Å². The summed E-state index contributed by atoms with van der Waals surface area (Å²) in [6.45, 7) is 17.5. The molecule has 0 bridgehead atoms. The number of carbonyl (C=O) groups excluding carboxylic acids is 2. The number of aryl methyl sites for hydroxylation is 2. The van der Waals surface area contributed by atoms with Gasteiger partial charge in [-0.05, 0) is 79.3 Å². The molecule has 0 saturated carbocycles. The summed E-state index contributed by atoms with van der Waals surface area (Å²) in [5, 5.41) is 0. The summed E-state index contributed by atoms with van der Waals surface area (Å²) in [6.07, 6.45) is 15.3. The molecule has 0 N–H and O–H groups in total. The number of fused-ring (bicyclic) bond motifs is 1. The lowest BCUT2D eigenvalue weighted by Crippen LogP contribution is -2.39. The Bertz CT molecular complexity index is 1970. The molecule has 0 radical (unpaired) electrons. The molecular formula is C48H66N6O2S2+2. The maximum atomic E-state index is 12.8. The zero-order valence-electron chi connectivity index (χ0n) is 36.4. The van der Waals surface area contributed by atoms with Crippen molar-refractivity contribution in [2.45, 2.75) is 60.0 Å². The van der Waals surface area contributed by atoms with E-state index in [0.717, 1.165) is 42.6 Å². The van der Waals surface area contributed by atoms with Crippen LogP contribution in [0, 0.1) is 13.8 Å². The largest absolute Gasteiger partial charge is 0.375 e. The number of anilines is 2. The summed E-state index contributed by atoms with van der Waals surface area (Å²) in [6, 6.07) is 22.4. The molecule has 0 spiro atoms. The summed E-state index contributed by atoms with van der Waals surface area (Å²) in [5.41, 5.74) is 11.2. The second-order valence-electron chi connectivity index (χ2n) is 15.9. The molecule has 2 atom stereocenters. The van der Waals surface area contributed by atoms with Crippen molar-refractivity contribution in [1.29, 1.82) is 0 Å². The Hall–Kier alpha value is -4.25. The number of nitrogens with zero attached hydrogens (tertiary/aromatic N) is 6. The first-order valence-electron chi connectivity index (χ1n) is 20.8. The summed E-state index contributed by atoms with van der Waals surface area (Å²) >= 11 is 0. The molecule has 1 aromatic heterocycles. The van der Waals surface area contributed by atoms with Crippen LogP contribution in [0.1, 0.15) is 61.7 Å². The average Bonchev–Trinajstić information content (AvgIpc) is 3.96. The number of likely N-dealkylation sites (N-methyl/N-ethyl adjacent to an activating group) is 1. The maximum absolute atomic E-state index is 12.8. The molecule has 1 saturated heterocycles. The highest BCUT2D eigenvalue weighted by Crippen LogP contribution is 2.42. The van der Waals surface area contributed by atoms with E-state index in [9.17, 15) is 9.59 Å². The van der Waals surface area contributed by atoms with Crippen LogP contribution < -0.4 is 14.4 Å². The van der Waals surface area contributed by atoms with E-state index in [1.165, 1.54) is 79.7 Å². The molecule has 2 aromatic carbocycles. The number of hydrogen-bond donors (Lipinski definition) is 0. The Morgan fingerprint density at radius 3 is 1.60 bits per heavy atom. The predicted octanol–water partition coefficient (Wildman–Crippen LogP) is 8.51. The number of hydrogen-bond acceptors (Lipinski definition) is 6. The molecule has 10 heteroatoms. The van der Waals surface area contributed by atoms with E-state index < -0.39 is 0 Å². The molecule has 2 unspecified atom stereocenters. The van der Waals surface area contributed by atoms with Gasteiger partial charge in [-0.3, -0.25) is 14.1 Å². The normalized spacial score (nSPS) is 17.2. The van der Waals surface area contributed by atoms with Gasteiger partial charge in [-0.1, -0.05) is 70.2 Å². The molecular weight excluding hydrogens is 757 g/mol. The van der Waals surface area contributed by atoms with Crippen molar-refractivity contribution in [2.75, 3.05) is 88.8 Å². The van der Waals surface area contributed by atoms with Gasteiger partial charge in [0.2, 0.25) is 11.8 Å². The first-order chi connectivity index (χ1) is 27.8.